The number of hydrogen-bond acceptors (Lipinski definition) is 6. The minimum Gasteiger partial charge on any atom is -0.186 e. The summed E-state index contributed by atoms with van der Waals surface area (Å²) >= 11 is 5.72. The molecule has 6 aromatic rings. The molecule has 0 saturated heterocycles. The van der Waals surface area contributed by atoms with E-state index in [1.54, 1.807) is 9.20 Å². The van der Waals surface area contributed by atoms with E-state index in [1.165, 1.54) is 0 Å². The van der Waals surface area contributed by atoms with Crippen LogP contribution in [-0.4, -0.2) is 34.8 Å². The van der Waals surface area contributed by atoms with Gasteiger partial charge < -0.3 is 0 Å². The van der Waals surface area contributed by atoms with E-state index in [9.17, 15) is 0 Å². The fourth-order valence-corrected chi connectivity index (χ4v) is 4.08. The molecule has 152 valence electrons. The number of rotatable bonds is 3. The maximum Gasteiger partial charge on any atom is 0.225 e. The third-order valence-electron chi connectivity index (χ3n) is 5.28. The van der Waals surface area contributed by atoms with E-state index in [0.29, 0.717) is 16.1 Å². The fraction of sp³-hybridized carbons (Fsp3) is 0. The van der Waals surface area contributed by atoms with Crippen molar-refractivity contribution in [3.63, 3.8) is 0 Å². The molecule has 0 amide bonds. The van der Waals surface area contributed by atoms with Gasteiger partial charge in [-0.25, -0.2) is 0 Å². The molecule has 6 rings (SSSR count). The molecule has 3 aromatic carbocycles. The van der Waals surface area contributed by atoms with Crippen molar-refractivity contribution in [2.45, 2.75) is 0 Å². The van der Waals surface area contributed by atoms with Gasteiger partial charge in [0.1, 0.15) is 5.69 Å². The lowest BCUT2D eigenvalue weighted by Crippen LogP contribution is -2.10. The SMILES string of the molecule is S=c1n(-c2ccccc2)nnc2c3c(-c4ccccc4)c(-c4ccccc4)nnc3nn12. The molecule has 0 aliphatic rings. The first-order valence-electron chi connectivity index (χ1n) is 10.0. The minimum atomic E-state index is 0.402. The Labute approximate surface area is 187 Å². The average Bonchev–Trinajstić information content (AvgIpc) is 3.25. The Morgan fingerprint density at radius 2 is 1.28 bits per heavy atom. The minimum absolute atomic E-state index is 0.402. The predicted octanol–water partition coefficient (Wildman–Crippen LogP) is 4.92. The zero-order valence-corrected chi connectivity index (χ0v) is 17.5. The fourth-order valence-electron chi connectivity index (χ4n) is 3.81. The number of benzene rings is 3. The lowest BCUT2D eigenvalue weighted by Gasteiger charge is -2.10. The Morgan fingerprint density at radius 1 is 0.656 bits per heavy atom. The van der Waals surface area contributed by atoms with Gasteiger partial charge in [0.2, 0.25) is 10.4 Å². The van der Waals surface area contributed by atoms with Crippen LogP contribution in [0.15, 0.2) is 91.0 Å². The highest BCUT2D eigenvalue weighted by Gasteiger charge is 2.21. The van der Waals surface area contributed by atoms with Crippen molar-refractivity contribution in [2.75, 3.05) is 0 Å². The Kier molecular flexibility index (Phi) is 4.29. The van der Waals surface area contributed by atoms with Crippen LogP contribution in [0.5, 0.6) is 0 Å². The van der Waals surface area contributed by atoms with Crippen LogP contribution < -0.4 is 0 Å². The number of aromatic nitrogens is 7. The van der Waals surface area contributed by atoms with Crippen LogP contribution in [0.2, 0.25) is 0 Å². The predicted molar refractivity (Wildman–Crippen MR) is 125 cm³/mol. The van der Waals surface area contributed by atoms with Crippen LogP contribution in [0.25, 0.3) is 44.8 Å². The monoisotopic (exact) mass is 433 g/mol. The van der Waals surface area contributed by atoms with Crippen molar-refractivity contribution in [3.8, 4) is 28.1 Å². The second kappa shape index (κ2) is 7.44. The molecule has 32 heavy (non-hydrogen) atoms. The van der Waals surface area contributed by atoms with Crippen LogP contribution in [0.1, 0.15) is 0 Å². The lowest BCUT2D eigenvalue weighted by atomic mass is 9.97. The highest BCUT2D eigenvalue weighted by molar-refractivity contribution is 7.71. The van der Waals surface area contributed by atoms with Gasteiger partial charge in [-0.2, -0.15) is 9.20 Å². The molecule has 3 aromatic heterocycles. The molecule has 0 fully saturated rings. The van der Waals surface area contributed by atoms with Crippen molar-refractivity contribution >= 4 is 28.9 Å². The molecule has 0 aliphatic carbocycles. The van der Waals surface area contributed by atoms with Gasteiger partial charge in [0.05, 0.1) is 11.1 Å². The van der Waals surface area contributed by atoms with Gasteiger partial charge in [-0.3, -0.25) is 0 Å². The average molecular weight is 434 g/mol. The first-order valence-corrected chi connectivity index (χ1v) is 10.4. The molecule has 0 radical (unpaired) electrons. The lowest BCUT2D eigenvalue weighted by molar-refractivity contribution is 0.675. The van der Waals surface area contributed by atoms with Crippen molar-refractivity contribution in [2.24, 2.45) is 0 Å². The third-order valence-corrected chi connectivity index (χ3v) is 5.62. The van der Waals surface area contributed by atoms with E-state index >= 15 is 0 Å². The van der Waals surface area contributed by atoms with Crippen molar-refractivity contribution < 1.29 is 0 Å². The largest absolute Gasteiger partial charge is 0.225 e. The van der Waals surface area contributed by atoms with Gasteiger partial charge in [0, 0.05) is 11.1 Å². The second-order valence-corrected chi connectivity index (χ2v) is 7.57. The van der Waals surface area contributed by atoms with Crippen molar-refractivity contribution in [1.82, 2.24) is 34.8 Å². The molecule has 0 atom stereocenters. The van der Waals surface area contributed by atoms with Gasteiger partial charge in [0.15, 0.2) is 5.65 Å². The topological polar surface area (TPSA) is 73.8 Å². The standard InChI is InChI=1S/C24H15N7S/c32-24-30(18-14-8-3-9-15-18)29-27-23-20-19(16-10-4-1-5-11-16)21(17-12-6-2-7-13-17)25-26-22(20)28-31(23)24/h1-15H. The molecule has 0 bridgehead atoms. The Hall–Kier alpha value is -4.30. The van der Waals surface area contributed by atoms with Crippen LogP contribution in [0.3, 0.4) is 0 Å². The maximum absolute atomic E-state index is 5.72. The first kappa shape index (κ1) is 18.5. The number of nitrogens with zero attached hydrogens (tertiary/aromatic N) is 7. The zero-order chi connectivity index (χ0) is 21.5. The van der Waals surface area contributed by atoms with E-state index in [0.717, 1.165) is 33.5 Å². The van der Waals surface area contributed by atoms with E-state index in [4.69, 9.17) is 12.2 Å². The smallest absolute Gasteiger partial charge is 0.186 e. The molecule has 0 spiro atoms. The number of hydrogen-bond donors (Lipinski definition) is 0. The van der Waals surface area contributed by atoms with Crippen molar-refractivity contribution in [1.29, 1.82) is 0 Å². The van der Waals surface area contributed by atoms with Crippen LogP contribution in [0.4, 0.5) is 0 Å². The molecule has 8 heteroatoms. The molecule has 0 N–H and O–H groups in total. The number of para-hydroxylation sites is 1. The Bertz CT molecular complexity index is 1630. The van der Waals surface area contributed by atoms with Gasteiger partial charge in [0.25, 0.3) is 0 Å². The molecule has 0 aliphatic heterocycles. The van der Waals surface area contributed by atoms with Crippen LogP contribution >= 0.6 is 12.2 Å². The Morgan fingerprint density at radius 3 is 1.97 bits per heavy atom. The summed E-state index contributed by atoms with van der Waals surface area (Å²) in [7, 11) is 0. The molecular weight excluding hydrogens is 418 g/mol. The van der Waals surface area contributed by atoms with Gasteiger partial charge in [-0.1, -0.05) is 84.1 Å². The Balaban J connectivity index is 1.72. The van der Waals surface area contributed by atoms with E-state index in [1.807, 2.05) is 91.0 Å². The molecule has 3 heterocycles. The highest BCUT2D eigenvalue weighted by Crippen LogP contribution is 2.36. The normalized spacial score (nSPS) is 11.2. The maximum atomic E-state index is 5.72. The van der Waals surface area contributed by atoms with Gasteiger partial charge in [-0.15, -0.1) is 20.4 Å². The molecule has 0 unspecified atom stereocenters. The van der Waals surface area contributed by atoms with E-state index in [-0.39, 0.29) is 0 Å². The quantitative estimate of drug-likeness (QED) is 0.369. The number of fused-ring (bicyclic) bond motifs is 3. The van der Waals surface area contributed by atoms with Crippen molar-refractivity contribution in [3.05, 3.63) is 95.8 Å². The van der Waals surface area contributed by atoms with Gasteiger partial charge >= 0.3 is 0 Å². The highest BCUT2D eigenvalue weighted by atomic mass is 32.1. The molecule has 0 saturated carbocycles. The zero-order valence-electron chi connectivity index (χ0n) is 16.7. The summed E-state index contributed by atoms with van der Waals surface area (Å²) in [5, 5.41) is 23.3. The summed E-state index contributed by atoms with van der Waals surface area (Å²) in [5.74, 6) is 0. The summed E-state index contributed by atoms with van der Waals surface area (Å²) in [6, 6.07) is 29.7. The van der Waals surface area contributed by atoms with Crippen LogP contribution in [0, 0.1) is 4.77 Å². The molecular formula is C24H15N7S. The summed E-state index contributed by atoms with van der Waals surface area (Å²) in [6.45, 7) is 0. The summed E-state index contributed by atoms with van der Waals surface area (Å²) < 4.78 is 3.59. The van der Waals surface area contributed by atoms with E-state index < -0.39 is 0 Å². The van der Waals surface area contributed by atoms with Crippen LogP contribution in [-0.2, 0) is 0 Å². The summed E-state index contributed by atoms with van der Waals surface area (Å²) in [4.78, 5) is 0. The molecule has 7 nitrogen and oxygen atoms in total. The second-order valence-electron chi connectivity index (χ2n) is 7.21. The summed E-state index contributed by atoms with van der Waals surface area (Å²) in [5.41, 5.74) is 5.43. The summed E-state index contributed by atoms with van der Waals surface area (Å²) in [6.07, 6.45) is 0. The third kappa shape index (κ3) is 2.89. The first-order chi connectivity index (χ1) is 15.8. The van der Waals surface area contributed by atoms with Gasteiger partial charge in [-0.05, 0) is 29.9 Å². The van der Waals surface area contributed by atoms with E-state index in [2.05, 4.69) is 25.6 Å².